The van der Waals surface area contributed by atoms with Gasteiger partial charge in [-0.1, -0.05) is 18.2 Å². The highest BCUT2D eigenvalue weighted by atomic mass is 32.2. The van der Waals surface area contributed by atoms with Crippen LogP contribution in [-0.2, 0) is 14.8 Å². The lowest BCUT2D eigenvalue weighted by Crippen LogP contribution is -2.33. The number of ether oxygens (including phenoxy) is 1. The van der Waals surface area contributed by atoms with Gasteiger partial charge >= 0.3 is 0 Å². The third-order valence-electron chi connectivity index (χ3n) is 3.77. The zero-order chi connectivity index (χ0) is 19.9. The van der Waals surface area contributed by atoms with Crippen molar-refractivity contribution in [2.75, 3.05) is 13.7 Å². The van der Waals surface area contributed by atoms with Crippen molar-refractivity contribution in [3.05, 3.63) is 72.6 Å². The predicted octanol–water partition coefficient (Wildman–Crippen LogP) is 2.55. The second-order valence-electron chi connectivity index (χ2n) is 5.70. The summed E-state index contributed by atoms with van der Waals surface area (Å²) >= 11 is 0. The molecule has 27 heavy (non-hydrogen) atoms. The quantitative estimate of drug-likeness (QED) is 0.643. The molecule has 1 atom stereocenters. The summed E-state index contributed by atoms with van der Waals surface area (Å²) in [5.41, 5.74) is 0.593. The van der Waals surface area contributed by atoms with E-state index in [1.54, 1.807) is 24.3 Å². The molecule has 0 spiro atoms. The van der Waals surface area contributed by atoms with E-state index in [9.17, 15) is 17.6 Å². The van der Waals surface area contributed by atoms with E-state index in [1.807, 2.05) is 0 Å². The van der Waals surface area contributed by atoms with E-state index >= 15 is 0 Å². The van der Waals surface area contributed by atoms with Crippen molar-refractivity contribution >= 4 is 15.9 Å². The molecule has 0 heterocycles. The monoisotopic (exact) mass is 392 g/mol. The normalized spacial score (nSPS) is 12.2. The average molecular weight is 392 g/mol. The molecular formula is C19H21FN2O4S. The van der Waals surface area contributed by atoms with Gasteiger partial charge in [-0.2, -0.15) is 0 Å². The van der Waals surface area contributed by atoms with Gasteiger partial charge in [-0.05, 0) is 42.0 Å². The molecule has 6 nitrogen and oxygen atoms in total. The van der Waals surface area contributed by atoms with Crippen LogP contribution >= 0.6 is 0 Å². The van der Waals surface area contributed by atoms with Gasteiger partial charge in [0.05, 0.1) is 18.0 Å². The Kier molecular flexibility index (Phi) is 7.09. The number of nitrogens with one attached hydrogen (secondary N) is 2. The summed E-state index contributed by atoms with van der Waals surface area (Å²) in [6, 6.07) is 10.4. The molecule has 0 aliphatic rings. The van der Waals surface area contributed by atoms with Gasteiger partial charge in [-0.3, -0.25) is 4.79 Å². The number of sulfonamides is 1. The van der Waals surface area contributed by atoms with Gasteiger partial charge in [0.15, 0.2) is 0 Å². The van der Waals surface area contributed by atoms with E-state index in [0.29, 0.717) is 11.3 Å². The van der Waals surface area contributed by atoms with Crippen molar-refractivity contribution in [2.45, 2.75) is 17.4 Å². The largest absolute Gasteiger partial charge is 0.497 e. The molecule has 144 valence electrons. The molecule has 2 aromatic rings. The van der Waals surface area contributed by atoms with Gasteiger partial charge < -0.3 is 10.1 Å². The van der Waals surface area contributed by atoms with E-state index in [1.165, 1.54) is 25.3 Å². The second-order valence-corrected chi connectivity index (χ2v) is 7.41. The van der Waals surface area contributed by atoms with Crippen LogP contribution in [0.4, 0.5) is 4.39 Å². The van der Waals surface area contributed by atoms with Crippen LogP contribution in [0.2, 0.25) is 0 Å². The van der Waals surface area contributed by atoms with E-state index in [2.05, 4.69) is 16.6 Å². The Morgan fingerprint density at radius 3 is 2.37 bits per heavy atom. The van der Waals surface area contributed by atoms with E-state index < -0.39 is 21.9 Å². The van der Waals surface area contributed by atoms with Gasteiger partial charge in [0.25, 0.3) is 0 Å². The fourth-order valence-corrected chi connectivity index (χ4v) is 3.60. The van der Waals surface area contributed by atoms with Gasteiger partial charge in [0, 0.05) is 13.0 Å². The molecule has 2 N–H and O–H groups in total. The number of carbonyl (C=O) groups excluding carboxylic acids is 1. The van der Waals surface area contributed by atoms with Crippen molar-refractivity contribution in [3.63, 3.8) is 0 Å². The minimum atomic E-state index is -3.95. The number of amides is 1. The maximum atomic E-state index is 13.1. The summed E-state index contributed by atoms with van der Waals surface area (Å²) in [6.45, 7) is 3.80. The van der Waals surface area contributed by atoms with Crippen molar-refractivity contribution in [1.29, 1.82) is 0 Å². The molecule has 0 saturated heterocycles. The van der Waals surface area contributed by atoms with Gasteiger partial charge in [-0.15, -0.1) is 6.58 Å². The minimum Gasteiger partial charge on any atom is -0.497 e. The summed E-state index contributed by atoms with van der Waals surface area (Å²) in [4.78, 5) is 12.0. The van der Waals surface area contributed by atoms with Crippen LogP contribution in [0.5, 0.6) is 5.75 Å². The highest BCUT2D eigenvalue weighted by Gasteiger charge is 2.24. The fourth-order valence-electron chi connectivity index (χ4n) is 2.38. The molecule has 2 rings (SSSR count). The Morgan fingerprint density at radius 2 is 1.81 bits per heavy atom. The lowest BCUT2D eigenvalue weighted by molar-refractivity contribution is -0.121. The molecular weight excluding hydrogens is 371 g/mol. The molecule has 1 unspecified atom stereocenters. The fraction of sp³-hybridized carbons (Fsp3) is 0.211. The Balaban J connectivity index is 2.28. The molecule has 0 saturated carbocycles. The summed E-state index contributed by atoms with van der Waals surface area (Å²) in [5, 5.41) is 2.62. The van der Waals surface area contributed by atoms with Crippen LogP contribution in [0.25, 0.3) is 0 Å². The lowest BCUT2D eigenvalue weighted by Gasteiger charge is -2.19. The predicted molar refractivity (Wildman–Crippen MR) is 100 cm³/mol. The third kappa shape index (κ3) is 5.90. The minimum absolute atomic E-state index is 0.0890. The number of rotatable bonds is 9. The summed E-state index contributed by atoms with van der Waals surface area (Å²) in [5.74, 6) is -0.267. The molecule has 0 aromatic heterocycles. The number of carbonyl (C=O) groups is 1. The standard InChI is InChI=1S/C19H21FN2O4S/c1-3-12-21-19(23)13-18(14-4-8-16(26-2)9-5-14)22-27(24,25)17-10-6-15(20)7-11-17/h3-11,18,22H,1,12-13H2,2H3,(H,21,23). The van der Waals surface area contributed by atoms with Gasteiger partial charge in [0.2, 0.25) is 15.9 Å². The van der Waals surface area contributed by atoms with Crippen LogP contribution in [0.15, 0.2) is 66.1 Å². The van der Waals surface area contributed by atoms with E-state index in [0.717, 1.165) is 12.1 Å². The van der Waals surface area contributed by atoms with Crippen LogP contribution in [0, 0.1) is 5.82 Å². The Labute approximate surface area is 158 Å². The first-order valence-corrected chi connectivity index (χ1v) is 9.63. The van der Waals surface area contributed by atoms with Crippen LogP contribution in [0.3, 0.4) is 0 Å². The molecule has 1 amide bonds. The maximum Gasteiger partial charge on any atom is 0.241 e. The maximum absolute atomic E-state index is 13.1. The molecule has 2 aromatic carbocycles. The first-order valence-electron chi connectivity index (χ1n) is 8.15. The number of halogens is 1. The van der Waals surface area contributed by atoms with Crippen LogP contribution in [0.1, 0.15) is 18.0 Å². The summed E-state index contributed by atoms with van der Waals surface area (Å²) in [7, 11) is -2.43. The van der Waals surface area contributed by atoms with Crippen molar-refractivity contribution in [1.82, 2.24) is 10.0 Å². The summed E-state index contributed by atoms with van der Waals surface area (Å²) in [6.07, 6.45) is 1.42. The number of hydrogen-bond donors (Lipinski definition) is 2. The van der Waals surface area contributed by atoms with Crippen molar-refractivity contribution in [3.8, 4) is 5.75 Å². The number of methoxy groups -OCH3 is 1. The van der Waals surface area contributed by atoms with Gasteiger partial charge in [-0.25, -0.2) is 17.5 Å². The Morgan fingerprint density at radius 1 is 1.19 bits per heavy atom. The van der Waals surface area contributed by atoms with Crippen molar-refractivity contribution < 1.29 is 22.3 Å². The number of hydrogen-bond acceptors (Lipinski definition) is 4. The SMILES string of the molecule is C=CCNC(=O)CC(NS(=O)(=O)c1ccc(F)cc1)c1ccc(OC)cc1. The lowest BCUT2D eigenvalue weighted by atomic mass is 10.0. The smallest absolute Gasteiger partial charge is 0.241 e. The third-order valence-corrected chi connectivity index (χ3v) is 5.26. The highest BCUT2D eigenvalue weighted by Crippen LogP contribution is 2.23. The molecule has 0 aliphatic carbocycles. The Hall–Kier alpha value is -2.71. The van der Waals surface area contributed by atoms with E-state index in [-0.39, 0.29) is 23.8 Å². The van der Waals surface area contributed by atoms with E-state index in [4.69, 9.17) is 4.74 Å². The Bertz CT molecular complexity index is 881. The van der Waals surface area contributed by atoms with Gasteiger partial charge in [0.1, 0.15) is 11.6 Å². The zero-order valence-corrected chi connectivity index (χ0v) is 15.6. The second kappa shape index (κ2) is 9.29. The summed E-state index contributed by atoms with van der Waals surface area (Å²) < 4.78 is 46.0. The average Bonchev–Trinajstić information content (AvgIpc) is 2.66. The van der Waals surface area contributed by atoms with Crippen LogP contribution in [-0.4, -0.2) is 28.0 Å². The van der Waals surface area contributed by atoms with Crippen molar-refractivity contribution in [2.24, 2.45) is 0 Å². The van der Waals surface area contributed by atoms with Crippen LogP contribution < -0.4 is 14.8 Å². The molecule has 0 fully saturated rings. The molecule has 0 aliphatic heterocycles. The zero-order valence-electron chi connectivity index (χ0n) is 14.8. The topological polar surface area (TPSA) is 84.5 Å². The number of benzene rings is 2. The first-order chi connectivity index (χ1) is 12.9. The molecule has 0 bridgehead atoms. The molecule has 0 radical (unpaired) electrons. The molecule has 8 heteroatoms. The highest BCUT2D eigenvalue weighted by molar-refractivity contribution is 7.89. The first kappa shape index (κ1) is 20.6.